The van der Waals surface area contributed by atoms with Crippen LogP contribution >= 0.6 is 22.9 Å². The number of nitrogens with zero attached hydrogens (tertiary/aromatic N) is 3. The molecule has 0 atom stereocenters. The lowest BCUT2D eigenvalue weighted by molar-refractivity contribution is 0.595. The van der Waals surface area contributed by atoms with Crippen LogP contribution in [0.15, 0.2) is 58.9 Å². The molecule has 126 valence electrons. The van der Waals surface area contributed by atoms with Crippen LogP contribution in [-0.2, 0) is 10.0 Å². The lowest BCUT2D eigenvalue weighted by Crippen LogP contribution is -2.12. The van der Waals surface area contributed by atoms with Gasteiger partial charge in [-0.3, -0.25) is 0 Å². The second-order valence-electron chi connectivity index (χ2n) is 5.30. The minimum atomic E-state index is -3.88. The fourth-order valence-electron chi connectivity index (χ4n) is 2.46. The summed E-state index contributed by atoms with van der Waals surface area (Å²) in [5, 5.41) is 9.25. The highest BCUT2D eigenvalue weighted by Crippen LogP contribution is 2.32. The Morgan fingerprint density at radius 1 is 0.960 bits per heavy atom. The maximum Gasteiger partial charge on any atom is 0.267 e. The molecule has 0 aliphatic heterocycles. The second kappa shape index (κ2) is 5.92. The molecular formula is C16H11ClN4O2S2. The smallest absolute Gasteiger partial charge is 0.223 e. The van der Waals surface area contributed by atoms with Crippen molar-refractivity contribution in [1.82, 2.24) is 14.6 Å². The number of nitrogens with two attached hydrogens (primary N) is 1. The van der Waals surface area contributed by atoms with Crippen molar-refractivity contribution in [2.75, 3.05) is 0 Å². The summed E-state index contributed by atoms with van der Waals surface area (Å²) >= 11 is 7.20. The molecule has 0 amide bonds. The Labute approximate surface area is 152 Å². The zero-order valence-electron chi connectivity index (χ0n) is 12.6. The Bertz CT molecular complexity index is 1170. The number of hydrogen-bond acceptors (Lipinski definition) is 5. The van der Waals surface area contributed by atoms with Crippen molar-refractivity contribution in [3.8, 4) is 22.4 Å². The van der Waals surface area contributed by atoms with E-state index in [1.165, 1.54) is 4.52 Å². The number of sulfonamides is 1. The molecule has 2 heterocycles. The molecule has 0 saturated carbocycles. The third-order valence-electron chi connectivity index (χ3n) is 3.64. The van der Waals surface area contributed by atoms with Gasteiger partial charge in [-0.2, -0.15) is 4.52 Å². The van der Waals surface area contributed by atoms with Gasteiger partial charge in [0.1, 0.15) is 5.69 Å². The fraction of sp³-hybridized carbons (Fsp3) is 0. The summed E-state index contributed by atoms with van der Waals surface area (Å²) in [4.78, 5) is 4.76. The minimum absolute atomic E-state index is 0.220. The lowest BCUT2D eigenvalue weighted by Gasteiger charge is -2.03. The Balaban J connectivity index is 1.75. The molecule has 0 radical (unpaired) electrons. The number of benzene rings is 2. The fourth-order valence-corrected chi connectivity index (χ4v) is 4.29. The first-order valence-corrected chi connectivity index (χ1v) is 9.91. The molecular weight excluding hydrogens is 380 g/mol. The molecule has 0 bridgehead atoms. The molecule has 6 nitrogen and oxygen atoms in total. The molecule has 0 aliphatic carbocycles. The molecule has 2 aromatic heterocycles. The van der Waals surface area contributed by atoms with Gasteiger partial charge in [-0.05, 0) is 11.1 Å². The van der Waals surface area contributed by atoms with Crippen LogP contribution in [0.4, 0.5) is 0 Å². The predicted molar refractivity (Wildman–Crippen MR) is 98.1 cm³/mol. The van der Waals surface area contributed by atoms with E-state index in [-0.39, 0.29) is 9.49 Å². The van der Waals surface area contributed by atoms with Gasteiger partial charge in [-0.15, -0.1) is 5.10 Å². The largest absolute Gasteiger partial charge is 0.267 e. The summed E-state index contributed by atoms with van der Waals surface area (Å²) in [6, 6.07) is 17.8. The van der Waals surface area contributed by atoms with E-state index in [0.29, 0.717) is 10.7 Å². The van der Waals surface area contributed by atoms with Gasteiger partial charge in [0.05, 0.1) is 0 Å². The molecule has 0 aliphatic rings. The van der Waals surface area contributed by atoms with Gasteiger partial charge < -0.3 is 0 Å². The third kappa shape index (κ3) is 2.93. The average Bonchev–Trinajstić information content (AvgIpc) is 3.16. The van der Waals surface area contributed by atoms with E-state index in [2.05, 4.69) is 10.1 Å². The Kier molecular flexibility index (Phi) is 3.84. The number of halogens is 1. The Morgan fingerprint density at radius 2 is 1.56 bits per heavy atom. The van der Waals surface area contributed by atoms with Crippen LogP contribution in [0, 0.1) is 0 Å². The minimum Gasteiger partial charge on any atom is -0.223 e. The van der Waals surface area contributed by atoms with Crippen molar-refractivity contribution in [3.63, 3.8) is 0 Å². The topological polar surface area (TPSA) is 90.4 Å². The Morgan fingerprint density at radius 3 is 2.16 bits per heavy atom. The van der Waals surface area contributed by atoms with Crippen molar-refractivity contribution in [1.29, 1.82) is 0 Å². The van der Waals surface area contributed by atoms with Crippen LogP contribution in [0.3, 0.4) is 0 Å². The van der Waals surface area contributed by atoms with E-state index in [1.54, 1.807) is 0 Å². The van der Waals surface area contributed by atoms with Crippen LogP contribution in [0.25, 0.3) is 27.3 Å². The molecule has 0 spiro atoms. The van der Waals surface area contributed by atoms with Crippen LogP contribution in [0.5, 0.6) is 0 Å². The van der Waals surface area contributed by atoms with E-state index in [9.17, 15) is 8.42 Å². The van der Waals surface area contributed by atoms with Gasteiger partial charge in [0, 0.05) is 5.56 Å². The van der Waals surface area contributed by atoms with Crippen LogP contribution in [-0.4, -0.2) is 23.0 Å². The summed E-state index contributed by atoms with van der Waals surface area (Å²) in [6.45, 7) is 0. The number of fused-ring (bicyclic) bond motifs is 1. The predicted octanol–water partition coefficient (Wildman–Crippen LogP) is 3.43. The van der Waals surface area contributed by atoms with Crippen molar-refractivity contribution in [2.24, 2.45) is 5.14 Å². The first kappa shape index (κ1) is 16.2. The highest BCUT2D eigenvalue weighted by Gasteiger charge is 2.21. The third-order valence-corrected chi connectivity index (χ3v) is 6.20. The van der Waals surface area contributed by atoms with E-state index in [4.69, 9.17) is 16.7 Å². The molecule has 4 rings (SSSR count). The SMILES string of the molecule is NS(=O)(=O)c1nn2c(Cl)c(-c3ccc(-c4ccccc4)cc3)nc2s1. The first-order valence-electron chi connectivity index (χ1n) is 7.17. The molecule has 0 fully saturated rings. The maximum atomic E-state index is 11.4. The van der Waals surface area contributed by atoms with Gasteiger partial charge in [0.2, 0.25) is 9.30 Å². The standard InChI is InChI=1S/C16H11ClN4O2S2/c17-14-13(19-15-21(14)20-16(24-15)25(18,22)23)12-8-6-11(7-9-12)10-4-2-1-3-5-10/h1-9H,(H2,18,22,23). The van der Waals surface area contributed by atoms with Gasteiger partial charge in [-0.1, -0.05) is 77.5 Å². The normalized spacial score (nSPS) is 11.9. The van der Waals surface area contributed by atoms with Crippen molar-refractivity contribution in [3.05, 3.63) is 59.8 Å². The number of aromatic nitrogens is 3. The maximum absolute atomic E-state index is 11.4. The number of primary sulfonamides is 1. The summed E-state index contributed by atoms with van der Waals surface area (Å²) in [5.41, 5.74) is 3.56. The van der Waals surface area contributed by atoms with Crippen molar-refractivity contribution < 1.29 is 8.42 Å². The average molecular weight is 391 g/mol. The number of imidazole rings is 1. The summed E-state index contributed by atoms with van der Waals surface area (Å²) in [5.74, 6) is 0. The second-order valence-corrected chi connectivity index (χ2v) is 8.35. The zero-order valence-corrected chi connectivity index (χ0v) is 15.0. The molecule has 4 aromatic rings. The quantitative estimate of drug-likeness (QED) is 0.580. The van der Waals surface area contributed by atoms with E-state index >= 15 is 0 Å². The van der Waals surface area contributed by atoms with Crippen LogP contribution in [0.2, 0.25) is 5.15 Å². The zero-order chi connectivity index (χ0) is 17.6. The molecule has 0 unspecified atom stereocenters. The first-order chi connectivity index (χ1) is 11.9. The summed E-state index contributed by atoms with van der Waals surface area (Å²) in [6.07, 6.45) is 0. The monoisotopic (exact) mass is 390 g/mol. The molecule has 2 aromatic carbocycles. The molecule has 25 heavy (non-hydrogen) atoms. The summed E-state index contributed by atoms with van der Waals surface area (Å²) < 4.78 is 23.8. The van der Waals surface area contributed by atoms with Crippen LogP contribution in [0.1, 0.15) is 0 Å². The van der Waals surface area contributed by atoms with Gasteiger partial charge in [0.15, 0.2) is 5.15 Å². The van der Waals surface area contributed by atoms with Gasteiger partial charge >= 0.3 is 0 Å². The molecule has 2 N–H and O–H groups in total. The van der Waals surface area contributed by atoms with Gasteiger partial charge in [0.25, 0.3) is 10.0 Å². The van der Waals surface area contributed by atoms with Crippen molar-refractivity contribution in [2.45, 2.75) is 4.34 Å². The lowest BCUT2D eigenvalue weighted by atomic mass is 10.0. The van der Waals surface area contributed by atoms with Crippen molar-refractivity contribution >= 4 is 37.9 Å². The highest BCUT2D eigenvalue weighted by molar-refractivity contribution is 7.91. The number of rotatable bonds is 3. The highest BCUT2D eigenvalue weighted by atomic mass is 35.5. The van der Waals surface area contributed by atoms with Gasteiger partial charge in [-0.25, -0.2) is 18.5 Å². The number of hydrogen-bond donors (Lipinski definition) is 1. The molecule has 9 heteroatoms. The van der Waals surface area contributed by atoms with E-state index in [1.807, 2.05) is 54.6 Å². The van der Waals surface area contributed by atoms with E-state index < -0.39 is 10.0 Å². The van der Waals surface area contributed by atoms with Crippen LogP contribution < -0.4 is 5.14 Å². The Hall–Kier alpha value is -2.26. The summed E-state index contributed by atoms with van der Waals surface area (Å²) in [7, 11) is -3.88. The van der Waals surface area contributed by atoms with E-state index in [0.717, 1.165) is 28.0 Å². The molecule has 0 saturated heterocycles.